The van der Waals surface area contributed by atoms with Crippen molar-refractivity contribution in [2.45, 2.75) is 26.2 Å². The zero-order chi connectivity index (χ0) is 12.8. The predicted molar refractivity (Wildman–Crippen MR) is 78.9 cm³/mol. The van der Waals surface area contributed by atoms with Crippen molar-refractivity contribution in [3.63, 3.8) is 0 Å². The fourth-order valence-corrected chi connectivity index (χ4v) is 3.14. The van der Waals surface area contributed by atoms with Gasteiger partial charge in [0.25, 0.3) is 0 Å². The van der Waals surface area contributed by atoms with E-state index >= 15 is 0 Å². The van der Waals surface area contributed by atoms with Crippen molar-refractivity contribution in [2.75, 3.05) is 26.3 Å². The van der Waals surface area contributed by atoms with E-state index in [0.717, 1.165) is 45.6 Å². The van der Waals surface area contributed by atoms with E-state index in [2.05, 4.69) is 52.4 Å². The van der Waals surface area contributed by atoms with Gasteiger partial charge in [-0.3, -0.25) is 0 Å². The van der Waals surface area contributed by atoms with Gasteiger partial charge in [-0.25, -0.2) is 0 Å². The standard InChI is InChI=1S/C15H22BrNO/c1-2-17-12-15(6-8-18-9-7-15)11-13-4-3-5-14(16)10-13/h3-5,10,17H,2,6-9,11-12H2,1H3. The van der Waals surface area contributed by atoms with Crippen LogP contribution in [-0.4, -0.2) is 26.3 Å². The second kappa shape index (κ2) is 6.69. The molecule has 0 saturated carbocycles. The Morgan fingerprint density at radius 1 is 1.33 bits per heavy atom. The molecule has 18 heavy (non-hydrogen) atoms. The number of ether oxygens (including phenoxy) is 1. The fraction of sp³-hybridized carbons (Fsp3) is 0.600. The van der Waals surface area contributed by atoms with Crippen LogP contribution in [0.15, 0.2) is 28.7 Å². The van der Waals surface area contributed by atoms with E-state index in [1.165, 1.54) is 10.0 Å². The molecule has 1 aliphatic rings. The number of halogens is 1. The molecule has 2 rings (SSSR count). The Bertz CT molecular complexity index is 375. The van der Waals surface area contributed by atoms with Crippen molar-refractivity contribution in [2.24, 2.45) is 5.41 Å². The van der Waals surface area contributed by atoms with Crippen molar-refractivity contribution in [3.05, 3.63) is 34.3 Å². The van der Waals surface area contributed by atoms with Crippen LogP contribution in [0.3, 0.4) is 0 Å². The average molecular weight is 312 g/mol. The number of rotatable bonds is 5. The van der Waals surface area contributed by atoms with Gasteiger partial charge in [0.05, 0.1) is 0 Å². The Morgan fingerprint density at radius 2 is 2.11 bits per heavy atom. The van der Waals surface area contributed by atoms with Crippen molar-refractivity contribution in [1.82, 2.24) is 5.32 Å². The van der Waals surface area contributed by atoms with E-state index < -0.39 is 0 Å². The smallest absolute Gasteiger partial charge is 0.0471 e. The Kier molecular flexibility index (Phi) is 5.22. The maximum absolute atomic E-state index is 5.53. The van der Waals surface area contributed by atoms with E-state index in [0.29, 0.717) is 5.41 Å². The topological polar surface area (TPSA) is 21.3 Å². The summed E-state index contributed by atoms with van der Waals surface area (Å²) in [4.78, 5) is 0. The first-order valence-corrected chi connectivity index (χ1v) is 7.56. The Hall–Kier alpha value is -0.380. The SMILES string of the molecule is CCNCC1(Cc2cccc(Br)c2)CCOCC1. The molecule has 1 N–H and O–H groups in total. The van der Waals surface area contributed by atoms with Crippen LogP contribution in [0.4, 0.5) is 0 Å². The van der Waals surface area contributed by atoms with Crippen molar-refractivity contribution in [1.29, 1.82) is 0 Å². The van der Waals surface area contributed by atoms with Gasteiger partial charge in [0.15, 0.2) is 0 Å². The Morgan fingerprint density at radius 3 is 2.78 bits per heavy atom. The van der Waals surface area contributed by atoms with Crippen LogP contribution in [0, 0.1) is 5.41 Å². The lowest BCUT2D eigenvalue weighted by Gasteiger charge is -2.37. The molecule has 0 radical (unpaired) electrons. The number of hydrogen-bond donors (Lipinski definition) is 1. The largest absolute Gasteiger partial charge is 0.381 e. The van der Waals surface area contributed by atoms with Gasteiger partial charge < -0.3 is 10.1 Å². The minimum atomic E-state index is 0.370. The van der Waals surface area contributed by atoms with Crippen LogP contribution in [0.1, 0.15) is 25.3 Å². The van der Waals surface area contributed by atoms with Crippen LogP contribution in [0.2, 0.25) is 0 Å². The molecule has 0 aliphatic carbocycles. The number of nitrogens with one attached hydrogen (secondary N) is 1. The summed E-state index contributed by atoms with van der Waals surface area (Å²) in [5, 5.41) is 3.53. The summed E-state index contributed by atoms with van der Waals surface area (Å²) in [5.41, 5.74) is 1.79. The maximum Gasteiger partial charge on any atom is 0.0471 e. The van der Waals surface area contributed by atoms with Gasteiger partial charge in [0.1, 0.15) is 0 Å². The third-order valence-electron chi connectivity index (χ3n) is 3.77. The monoisotopic (exact) mass is 311 g/mol. The molecular formula is C15H22BrNO. The van der Waals surface area contributed by atoms with Gasteiger partial charge >= 0.3 is 0 Å². The van der Waals surface area contributed by atoms with Gasteiger partial charge in [-0.1, -0.05) is 35.0 Å². The lowest BCUT2D eigenvalue weighted by Crippen LogP contribution is -2.40. The maximum atomic E-state index is 5.53. The predicted octanol–water partition coefficient (Wildman–Crippen LogP) is 3.40. The van der Waals surface area contributed by atoms with E-state index in [4.69, 9.17) is 4.74 Å². The molecule has 2 nitrogen and oxygen atoms in total. The highest BCUT2D eigenvalue weighted by molar-refractivity contribution is 9.10. The van der Waals surface area contributed by atoms with Crippen molar-refractivity contribution in [3.8, 4) is 0 Å². The first kappa shape index (κ1) is 14.0. The fourth-order valence-electron chi connectivity index (χ4n) is 2.69. The Labute approximate surface area is 118 Å². The Balaban J connectivity index is 2.08. The minimum absolute atomic E-state index is 0.370. The summed E-state index contributed by atoms with van der Waals surface area (Å²) in [6.07, 6.45) is 3.46. The minimum Gasteiger partial charge on any atom is -0.381 e. The molecule has 1 aliphatic heterocycles. The normalized spacial score (nSPS) is 18.8. The van der Waals surface area contributed by atoms with Crippen LogP contribution in [0.25, 0.3) is 0 Å². The highest BCUT2D eigenvalue weighted by Crippen LogP contribution is 2.34. The molecule has 1 aromatic carbocycles. The van der Waals surface area contributed by atoms with Crippen LogP contribution in [-0.2, 0) is 11.2 Å². The lowest BCUT2D eigenvalue weighted by atomic mass is 9.75. The summed E-state index contributed by atoms with van der Waals surface area (Å²) in [7, 11) is 0. The van der Waals surface area contributed by atoms with Gasteiger partial charge in [-0.15, -0.1) is 0 Å². The first-order chi connectivity index (χ1) is 8.74. The number of benzene rings is 1. The molecule has 3 heteroatoms. The van der Waals surface area contributed by atoms with Gasteiger partial charge in [-0.2, -0.15) is 0 Å². The molecule has 0 spiro atoms. The summed E-state index contributed by atoms with van der Waals surface area (Å²) < 4.78 is 6.70. The first-order valence-electron chi connectivity index (χ1n) is 6.77. The summed E-state index contributed by atoms with van der Waals surface area (Å²) in [5.74, 6) is 0. The van der Waals surface area contributed by atoms with Gasteiger partial charge in [-0.05, 0) is 48.9 Å². The van der Waals surface area contributed by atoms with Crippen LogP contribution < -0.4 is 5.32 Å². The van der Waals surface area contributed by atoms with Crippen LogP contribution in [0.5, 0.6) is 0 Å². The summed E-state index contributed by atoms with van der Waals surface area (Å²) in [6.45, 7) is 6.12. The lowest BCUT2D eigenvalue weighted by molar-refractivity contribution is 0.0152. The van der Waals surface area contributed by atoms with Gasteiger partial charge in [0, 0.05) is 24.2 Å². The second-order valence-corrected chi connectivity index (χ2v) is 6.12. The summed E-state index contributed by atoms with van der Waals surface area (Å²) in [6, 6.07) is 8.68. The zero-order valence-electron chi connectivity index (χ0n) is 11.0. The third-order valence-corrected chi connectivity index (χ3v) is 4.26. The molecule has 1 fully saturated rings. The average Bonchev–Trinajstić information content (AvgIpc) is 2.38. The zero-order valence-corrected chi connectivity index (χ0v) is 12.6. The highest BCUT2D eigenvalue weighted by atomic mass is 79.9. The third kappa shape index (κ3) is 3.81. The molecule has 0 unspecified atom stereocenters. The van der Waals surface area contributed by atoms with Crippen molar-refractivity contribution < 1.29 is 4.74 Å². The molecule has 1 aromatic rings. The van der Waals surface area contributed by atoms with Gasteiger partial charge in [0.2, 0.25) is 0 Å². The molecular weight excluding hydrogens is 290 g/mol. The second-order valence-electron chi connectivity index (χ2n) is 5.20. The summed E-state index contributed by atoms with van der Waals surface area (Å²) >= 11 is 3.56. The number of hydrogen-bond acceptors (Lipinski definition) is 2. The molecule has 100 valence electrons. The molecule has 0 bridgehead atoms. The van der Waals surface area contributed by atoms with E-state index in [1.807, 2.05) is 0 Å². The van der Waals surface area contributed by atoms with E-state index in [9.17, 15) is 0 Å². The van der Waals surface area contributed by atoms with E-state index in [-0.39, 0.29) is 0 Å². The molecule has 1 saturated heterocycles. The highest BCUT2D eigenvalue weighted by Gasteiger charge is 2.32. The quantitative estimate of drug-likeness (QED) is 0.900. The molecule has 0 aromatic heterocycles. The molecule has 0 amide bonds. The molecule has 1 heterocycles. The van der Waals surface area contributed by atoms with Crippen molar-refractivity contribution >= 4 is 15.9 Å². The van der Waals surface area contributed by atoms with Crippen LogP contribution >= 0.6 is 15.9 Å². The molecule has 0 atom stereocenters. The van der Waals surface area contributed by atoms with E-state index in [1.54, 1.807) is 0 Å².